The van der Waals surface area contributed by atoms with Crippen molar-refractivity contribution in [1.29, 1.82) is 0 Å². The number of halogens is 3. The number of alkyl halides is 1. The van der Waals surface area contributed by atoms with Crippen molar-refractivity contribution in [2.24, 2.45) is 5.92 Å². The molecule has 0 radical (unpaired) electrons. The topological polar surface area (TPSA) is 36.1 Å². The summed E-state index contributed by atoms with van der Waals surface area (Å²) in [6.07, 6.45) is 4.82. The number of hydrogen-bond donors (Lipinski definition) is 3. The van der Waals surface area contributed by atoms with E-state index in [1.165, 1.54) is 12.8 Å². The van der Waals surface area contributed by atoms with E-state index in [0.717, 1.165) is 25.9 Å². The van der Waals surface area contributed by atoms with E-state index in [2.05, 4.69) is 16.0 Å². The summed E-state index contributed by atoms with van der Waals surface area (Å²) >= 11 is 0. The van der Waals surface area contributed by atoms with E-state index < -0.39 is 6.17 Å². The number of hydrogen-bond acceptors (Lipinski definition) is 3. The zero-order valence-electron chi connectivity index (χ0n) is 10.5. The molecule has 6 heteroatoms. The van der Waals surface area contributed by atoms with Crippen molar-refractivity contribution >= 4 is 24.8 Å². The minimum Gasteiger partial charge on any atom is -0.316 e. The van der Waals surface area contributed by atoms with Crippen LogP contribution in [0.1, 0.15) is 32.1 Å². The van der Waals surface area contributed by atoms with Gasteiger partial charge in [0.15, 0.2) is 0 Å². The lowest BCUT2D eigenvalue weighted by Gasteiger charge is -2.28. The molecule has 2 saturated heterocycles. The summed E-state index contributed by atoms with van der Waals surface area (Å²) in [5, 5.41) is 10.7. The van der Waals surface area contributed by atoms with Crippen molar-refractivity contribution in [2.45, 2.75) is 56.5 Å². The SMILES string of the molecule is Cl.Cl.FC1CCC2NC(C3CCCNC3)NC2C1. The molecule has 3 rings (SSSR count). The Morgan fingerprint density at radius 2 is 1.72 bits per heavy atom. The van der Waals surface area contributed by atoms with Gasteiger partial charge in [0.25, 0.3) is 0 Å². The highest BCUT2D eigenvalue weighted by atomic mass is 35.5. The van der Waals surface area contributed by atoms with Gasteiger partial charge in [-0.1, -0.05) is 0 Å². The Bertz CT molecular complexity index is 251. The van der Waals surface area contributed by atoms with E-state index in [0.29, 0.717) is 30.6 Å². The molecule has 2 heterocycles. The monoisotopic (exact) mass is 299 g/mol. The smallest absolute Gasteiger partial charge is 0.102 e. The zero-order chi connectivity index (χ0) is 11.0. The number of rotatable bonds is 1. The lowest BCUT2D eigenvalue weighted by molar-refractivity contribution is 0.211. The van der Waals surface area contributed by atoms with Crippen molar-refractivity contribution in [1.82, 2.24) is 16.0 Å². The fraction of sp³-hybridized carbons (Fsp3) is 1.00. The molecule has 18 heavy (non-hydrogen) atoms. The average molecular weight is 300 g/mol. The Hall–Kier alpha value is 0.390. The summed E-state index contributed by atoms with van der Waals surface area (Å²) in [5.74, 6) is 0.678. The van der Waals surface area contributed by atoms with E-state index in [4.69, 9.17) is 0 Å². The quantitative estimate of drug-likeness (QED) is 0.688. The Morgan fingerprint density at radius 1 is 0.944 bits per heavy atom. The highest BCUT2D eigenvalue weighted by Gasteiger charge is 2.40. The highest BCUT2D eigenvalue weighted by Crippen LogP contribution is 2.28. The third kappa shape index (κ3) is 3.48. The van der Waals surface area contributed by atoms with Gasteiger partial charge in [0.2, 0.25) is 0 Å². The van der Waals surface area contributed by atoms with Crippen LogP contribution < -0.4 is 16.0 Å². The summed E-state index contributed by atoms with van der Waals surface area (Å²) < 4.78 is 13.3. The molecule has 1 aliphatic carbocycles. The predicted molar refractivity (Wildman–Crippen MR) is 76.5 cm³/mol. The summed E-state index contributed by atoms with van der Waals surface area (Å²) in [7, 11) is 0. The molecule has 0 aromatic rings. The summed E-state index contributed by atoms with van der Waals surface area (Å²) in [5.41, 5.74) is 0. The van der Waals surface area contributed by atoms with Gasteiger partial charge in [-0.3, -0.25) is 10.6 Å². The van der Waals surface area contributed by atoms with E-state index >= 15 is 0 Å². The van der Waals surface area contributed by atoms with Crippen LogP contribution in [-0.2, 0) is 0 Å². The lowest BCUT2D eigenvalue weighted by Crippen LogP contribution is -2.47. The standard InChI is InChI=1S/C12H22FN3.2ClH/c13-9-3-4-10-11(6-9)16-12(15-10)8-2-1-5-14-7-8;;/h8-12,14-16H,1-7H2;2*1H. The Balaban J connectivity index is 0.000000810. The second-order valence-electron chi connectivity index (χ2n) is 5.54. The number of piperidine rings is 1. The van der Waals surface area contributed by atoms with Crippen molar-refractivity contribution in [2.75, 3.05) is 13.1 Å². The average Bonchev–Trinajstić information content (AvgIpc) is 2.73. The largest absolute Gasteiger partial charge is 0.316 e. The third-order valence-corrected chi connectivity index (χ3v) is 4.38. The predicted octanol–water partition coefficient (Wildman–Crippen LogP) is 1.61. The second kappa shape index (κ2) is 7.25. The normalized spacial score (nSPS) is 43.5. The van der Waals surface area contributed by atoms with Gasteiger partial charge in [-0.25, -0.2) is 4.39 Å². The molecule has 0 amide bonds. The van der Waals surface area contributed by atoms with Crippen LogP contribution in [0.2, 0.25) is 0 Å². The van der Waals surface area contributed by atoms with Crippen LogP contribution in [0, 0.1) is 5.92 Å². The van der Waals surface area contributed by atoms with E-state index in [-0.39, 0.29) is 24.8 Å². The van der Waals surface area contributed by atoms with Crippen molar-refractivity contribution < 1.29 is 4.39 Å². The summed E-state index contributed by atoms with van der Waals surface area (Å²) in [6, 6.07) is 0.884. The van der Waals surface area contributed by atoms with Gasteiger partial charge in [-0.15, -0.1) is 24.8 Å². The summed E-state index contributed by atoms with van der Waals surface area (Å²) in [6.45, 7) is 2.26. The van der Waals surface area contributed by atoms with Gasteiger partial charge in [0, 0.05) is 18.6 Å². The maximum absolute atomic E-state index is 13.3. The fourth-order valence-electron chi connectivity index (χ4n) is 3.45. The van der Waals surface area contributed by atoms with Crippen LogP contribution in [0.3, 0.4) is 0 Å². The Labute approximate surface area is 121 Å². The molecule has 0 aromatic carbocycles. The van der Waals surface area contributed by atoms with E-state index in [1.807, 2.05) is 0 Å². The lowest BCUT2D eigenvalue weighted by atomic mass is 9.90. The van der Waals surface area contributed by atoms with Gasteiger partial charge in [0.1, 0.15) is 6.17 Å². The Kier molecular flexibility index (Phi) is 6.62. The number of fused-ring (bicyclic) bond motifs is 1. The molecule has 108 valence electrons. The fourth-order valence-corrected chi connectivity index (χ4v) is 3.45. The first-order valence-electron chi connectivity index (χ1n) is 6.70. The van der Waals surface area contributed by atoms with Gasteiger partial charge in [-0.2, -0.15) is 0 Å². The maximum Gasteiger partial charge on any atom is 0.102 e. The van der Waals surface area contributed by atoms with E-state index in [1.54, 1.807) is 0 Å². The third-order valence-electron chi connectivity index (χ3n) is 4.38. The molecule has 5 atom stereocenters. The molecule has 0 spiro atoms. The van der Waals surface area contributed by atoms with E-state index in [9.17, 15) is 4.39 Å². The highest BCUT2D eigenvalue weighted by molar-refractivity contribution is 5.85. The zero-order valence-corrected chi connectivity index (χ0v) is 12.2. The molecule has 5 unspecified atom stereocenters. The molecule has 3 aliphatic rings. The van der Waals surface area contributed by atoms with Crippen LogP contribution in [0.4, 0.5) is 4.39 Å². The first-order chi connectivity index (χ1) is 7.83. The molecule has 2 aliphatic heterocycles. The minimum absolute atomic E-state index is 0. The van der Waals surface area contributed by atoms with Crippen LogP contribution in [0.25, 0.3) is 0 Å². The van der Waals surface area contributed by atoms with Gasteiger partial charge >= 0.3 is 0 Å². The molecular formula is C12H24Cl2FN3. The summed E-state index contributed by atoms with van der Waals surface area (Å²) in [4.78, 5) is 0. The first kappa shape index (κ1) is 16.4. The maximum atomic E-state index is 13.3. The van der Waals surface area contributed by atoms with Gasteiger partial charge in [-0.05, 0) is 44.6 Å². The van der Waals surface area contributed by atoms with Gasteiger partial charge < -0.3 is 5.32 Å². The van der Waals surface area contributed by atoms with Crippen LogP contribution in [0.5, 0.6) is 0 Å². The molecule has 3 nitrogen and oxygen atoms in total. The first-order valence-corrected chi connectivity index (χ1v) is 6.70. The second-order valence-corrected chi connectivity index (χ2v) is 5.54. The molecule has 3 N–H and O–H groups in total. The molecule has 1 saturated carbocycles. The molecule has 3 fully saturated rings. The minimum atomic E-state index is -0.584. The van der Waals surface area contributed by atoms with Crippen molar-refractivity contribution in [3.63, 3.8) is 0 Å². The molecule has 0 aromatic heterocycles. The molecular weight excluding hydrogens is 276 g/mol. The van der Waals surface area contributed by atoms with Crippen LogP contribution in [-0.4, -0.2) is 37.5 Å². The van der Waals surface area contributed by atoms with Crippen molar-refractivity contribution in [3.05, 3.63) is 0 Å². The van der Waals surface area contributed by atoms with Crippen LogP contribution in [0.15, 0.2) is 0 Å². The van der Waals surface area contributed by atoms with Crippen molar-refractivity contribution in [3.8, 4) is 0 Å². The Morgan fingerprint density at radius 3 is 2.44 bits per heavy atom. The van der Waals surface area contributed by atoms with Gasteiger partial charge in [0.05, 0.1) is 6.17 Å². The van der Waals surface area contributed by atoms with Crippen LogP contribution >= 0.6 is 24.8 Å². The number of nitrogens with one attached hydrogen (secondary N) is 3. The molecule has 0 bridgehead atoms.